The molecule has 0 aromatic carbocycles. The molecule has 0 saturated carbocycles. The maximum Gasteiger partial charge on any atom is 0.459 e. The van der Waals surface area contributed by atoms with Crippen LogP contribution in [0.4, 0.5) is 48.3 Å². The zero-order chi connectivity index (χ0) is 49.0. The summed E-state index contributed by atoms with van der Waals surface area (Å²) in [5, 5.41) is 21.4. The van der Waals surface area contributed by atoms with Crippen LogP contribution in [0.2, 0.25) is 20.5 Å². The number of allylic oxidation sites excluding steroid dienone is 1. The van der Waals surface area contributed by atoms with Crippen LogP contribution in [0.25, 0.3) is 17.1 Å². The van der Waals surface area contributed by atoms with Gasteiger partial charge in [0, 0.05) is 17.1 Å². The van der Waals surface area contributed by atoms with E-state index in [-0.39, 0.29) is 73.2 Å². The predicted octanol–water partition coefficient (Wildman–Crippen LogP) is 10.3. The molecule has 7 rings (SSSR count). The quantitative estimate of drug-likeness (QED) is 0.0562. The van der Waals surface area contributed by atoms with Crippen LogP contribution in [0, 0.1) is 3.70 Å². The van der Waals surface area contributed by atoms with Gasteiger partial charge in [0.15, 0.2) is 30.0 Å². The molecule has 0 saturated heterocycles. The fourth-order valence-electron chi connectivity index (χ4n) is 7.10. The molecule has 0 aliphatic carbocycles. The second-order valence-corrected chi connectivity index (χ2v) is 17.9. The molecule has 1 aliphatic heterocycles. The number of hydrogen-bond donors (Lipinski definition) is 1. The van der Waals surface area contributed by atoms with E-state index in [1.807, 2.05) is 0 Å². The van der Waals surface area contributed by atoms with Crippen molar-refractivity contribution in [3.63, 3.8) is 0 Å². The van der Waals surface area contributed by atoms with Gasteiger partial charge in [-0.3, -0.25) is 0 Å². The van der Waals surface area contributed by atoms with E-state index in [9.17, 15) is 39.5 Å². The lowest BCUT2D eigenvalue weighted by Crippen LogP contribution is -3.26. The third-order valence-corrected chi connectivity index (χ3v) is 13.1. The number of alkyl halides is 12. The fourth-order valence-corrected chi connectivity index (χ4v) is 9.85. The number of halogens is 18. The number of nitrogens with zero attached hydrogens (tertiary/aromatic N) is 13. The Morgan fingerprint density at radius 3 is 1.79 bits per heavy atom. The van der Waals surface area contributed by atoms with Gasteiger partial charge in [-0.15, -0.1) is 15.0 Å². The van der Waals surface area contributed by atoms with Crippen molar-refractivity contribution in [3.05, 3.63) is 93.0 Å². The highest BCUT2D eigenvalue weighted by molar-refractivity contribution is 14.1. The van der Waals surface area contributed by atoms with Gasteiger partial charge in [0.05, 0.1) is 23.3 Å². The Morgan fingerprint density at radius 1 is 0.697 bits per heavy atom. The van der Waals surface area contributed by atoms with Gasteiger partial charge in [0.1, 0.15) is 22.8 Å². The Bertz CT molecular complexity index is 2850. The summed E-state index contributed by atoms with van der Waals surface area (Å²) in [6.45, 7) is 6.09. The molecule has 2 unspecified atom stereocenters. The second-order valence-electron chi connectivity index (χ2n) is 14.1. The summed E-state index contributed by atoms with van der Waals surface area (Å²) >= 11 is 39.9. The van der Waals surface area contributed by atoms with Gasteiger partial charge in [-0.25, -0.2) is 14.0 Å². The lowest BCUT2D eigenvalue weighted by atomic mass is 10.2. The Morgan fingerprint density at radius 2 is 1.26 bits per heavy atom. The maximum atomic E-state index is 15.2. The first-order valence-electron chi connectivity index (χ1n) is 18.8. The summed E-state index contributed by atoms with van der Waals surface area (Å²) in [4.78, 5) is 1.79. The van der Waals surface area contributed by atoms with Crippen molar-refractivity contribution in [2.45, 2.75) is 89.4 Å². The normalized spacial score (nSPS) is 17.7. The van der Waals surface area contributed by atoms with Crippen molar-refractivity contribution in [2.75, 3.05) is 5.12 Å². The molecule has 0 radical (unpaired) electrons. The van der Waals surface area contributed by atoms with Crippen LogP contribution in [-0.4, -0.2) is 71.3 Å². The van der Waals surface area contributed by atoms with Gasteiger partial charge >= 0.3 is 29.6 Å². The van der Waals surface area contributed by atoms with Crippen LogP contribution in [-0.2, 0) is 42.9 Å². The minimum atomic E-state index is -6.13. The van der Waals surface area contributed by atoms with Crippen molar-refractivity contribution in [1.29, 1.82) is 0 Å². The van der Waals surface area contributed by atoms with E-state index in [4.69, 9.17) is 58.0 Å². The van der Waals surface area contributed by atoms with Crippen LogP contribution in [0.3, 0.4) is 0 Å². The van der Waals surface area contributed by atoms with E-state index in [0.29, 0.717) is 10.7 Å². The molecule has 0 amide bonds. The number of quaternary nitrogens is 1. The van der Waals surface area contributed by atoms with Crippen molar-refractivity contribution < 1.29 is 53.4 Å². The third-order valence-electron chi connectivity index (χ3n) is 9.99. The third kappa shape index (κ3) is 8.36. The molecule has 0 spiro atoms. The molecule has 0 fully saturated rings. The van der Waals surface area contributed by atoms with Crippen molar-refractivity contribution in [3.8, 4) is 11.4 Å². The Kier molecular flexibility index (Phi) is 13.4. The highest BCUT2D eigenvalue weighted by Gasteiger charge is 2.65. The van der Waals surface area contributed by atoms with Gasteiger partial charge in [-0.2, -0.15) is 73.4 Å². The molecule has 6 aromatic rings. The Hall–Kier alpha value is -3.35. The van der Waals surface area contributed by atoms with Crippen LogP contribution in [0.5, 0.6) is 0 Å². The average Bonchev–Trinajstić information content (AvgIpc) is 4.08. The van der Waals surface area contributed by atoms with Crippen molar-refractivity contribution in [2.24, 2.45) is 0 Å². The van der Waals surface area contributed by atoms with E-state index < -0.39 is 79.4 Å². The first-order chi connectivity index (χ1) is 30.5. The standard InChI is InChI=1S/C34H26BrCl5F11IN14/c1-5-15-9-14(12-30(41,42)43)53-61(15)23-28(39)64(58-29(23)52)66-32(40,59-13-18(36)26(37)57-59)24(62-17(7-3)10-20(54-62)31(44,45)34(49,50)51)19(8-4)65(66)63-27(38)22(25(35)56-63)60-16(6-2)11-21(55-60)33(46,47)48/h9-11,13H,5-8,12H2,1-4H3/p+1. The maximum absolute atomic E-state index is 15.2. The molecule has 2 atom stereocenters. The first-order valence-corrected chi connectivity index (χ1v) is 22.6. The minimum absolute atomic E-state index is 0.00183. The van der Waals surface area contributed by atoms with E-state index in [1.165, 1.54) is 19.9 Å². The number of hydrogen-bond acceptors (Lipinski definition) is 7. The number of aryl methyl sites for hydroxylation is 3. The van der Waals surface area contributed by atoms with Gasteiger partial charge in [0.2, 0.25) is 5.15 Å². The van der Waals surface area contributed by atoms with Gasteiger partial charge in [0.25, 0.3) is 0 Å². The van der Waals surface area contributed by atoms with E-state index in [1.54, 1.807) is 36.4 Å². The molecule has 66 heavy (non-hydrogen) atoms. The van der Waals surface area contributed by atoms with Crippen molar-refractivity contribution in [1.82, 2.24) is 58.9 Å². The zero-order valence-corrected chi connectivity index (χ0v) is 41.0. The SMILES string of the molecule is CCC1=C(n2nc(C(F)(F)C(F)(F)F)cc2CC)C(Cl)(n2cc(Cl)c(Cl)n2)[NH+](n2nc(I)c(-n3nc(CC(F)(F)F)cc3CC)c2Cl)N1n1nc(Br)c(-n2nc(C(F)(F)F)cc2CC)c1Cl. The van der Waals surface area contributed by atoms with E-state index in [2.05, 4.69) is 46.5 Å². The van der Waals surface area contributed by atoms with Crippen LogP contribution < -0.4 is 10.2 Å². The predicted molar refractivity (Wildman–Crippen MR) is 228 cm³/mol. The average molecular weight is 1220 g/mol. The van der Waals surface area contributed by atoms with E-state index >= 15 is 8.78 Å². The molecule has 358 valence electrons. The zero-order valence-electron chi connectivity index (χ0n) is 33.5. The number of rotatable bonds is 12. The molecule has 1 N–H and O–H groups in total. The van der Waals surface area contributed by atoms with Crippen LogP contribution >= 0.6 is 96.5 Å². The number of aromatic nitrogens is 12. The van der Waals surface area contributed by atoms with E-state index in [0.717, 1.165) is 41.0 Å². The van der Waals surface area contributed by atoms with Crippen LogP contribution in [0.15, 0.2) is 34.7 Å². The van der Waals surface area contributed by atoms with Gasteiger partial charge < -0.3 is 0 Å². The molecule has 7 heterocycles. The highest BCUT2D eigenvalue weighted by Crippen LogP contribution is 2.46. The topological polar surface area (TPSA) is 115 Å². The molecule has 1 aliphatic rings. The molecule has 14 nitrogen and oxygen atoms in total. The largest absolute Gasteiger partial charge is 0.459 e. The Labute approximate surface area is 410 Å². The number of nitrogens with one attached hydrogen (secondary N) is 1. The first kappa shape index (κ1) is 50.5. The highest BCUT2D eigenvalue weighted by atomic mass is 127. The van der Waals surface area contributed by atoms with Crippen molar-refractivity contribution >= 4 is 102 Å². The van der Waals surface area contributed by atoms with Gasteiger partial charge in [-0.05, 0) is 99.1 Å². The molecular weight excluding hydrogens is 1200 g/mol. The second kappa shape index (κ2) is 17.6. The summed E-state index contributed by atoms with van der Waals surface area (Å²) in [5.41, 5.74) is -4.47. The van der Waals surface area contributed by atoms with Gasteiger partial charge in [-0.1, -0.05) is 84.0 Å². The summed E-state index contributed by atoms with van der Waals surface area (Å²) in [5.74, 6) is -5.52. The van der Waals surface area contributed by atoms with Crippen LogP contribution in [0.1, 0.15) is 68.3 Å². The monoisotopic (exact) mass is 1220 g/mol. The molecule has 6 aromatic heterocycles. The fraction of sp³-hybridized carbons (Fsp3) is 0.412. The summed E-state index contributed by atoms with van der Waals surface area (Å²) in [6.07, 6.45) is -16.5. The summed E-state index contributed by atoms with van der Waals surface area (Å²) in [6, 6.07) is 2.49. The lowest BCUT2D eigenvalue weighted by molar-refractivity contribution is -1.00. The minimum Gasteiger partial charge on any atom is -0.231 e. The molecule has 32 heteroatoms. The summed E-state index contributed by atoms with van der Waals surface area (Å²) in [7, 11) is 0. The lowest BCUT2D eigenvalue weighted by Gasteiger charge is -2.34. The Balaban J connectivity index is 1.61. The summed E-state index contributed by atoms with van der Waals surface area (Å²) < 4.78 is 158. The molecule has 0 bridgehead atoms. The molecular formula is C34H27BrCl5F11IN14+. The smallest absolute Gasteiger partial charge is 0.231 e.